The van der Waals surface area contributed by atoms with E-state index in [0.29, 0.717) is 12.4 Å². The number of hydrogen-bond acceptors (Lipinski definition) is 2. The molecule has 1 radical (unpaired) electrons. The van der Waals surface area contributed by atoms with Gasteiger partial charge in [-0.05, 0) is 26.3 Å². The average molecular weight is 269 g/mol. The van der Waals surface area contributed by atoms with Crippen LogP contribution < -0.4 is 0 Å². The first-order chi connectivity index (χ1) is 9.22. The van der Waals surface area contributed by atoms with E-state index in [4.69, 9.17) is 4.74 Å². The van der Waals surface area contributed by atoms with Crippen LogP contribution in [0.3, 0.4) is 0 Å². The minimum Gasteiger partial charge on any atom is -0.496 e. The molecule has 2 nitrogen and oxygen atoms in total. The highest BCUT2D eigenvalue weighted by atomic mass is 16.5. The lowest BCUT2D eigenvalue weighted by molar-refractivity contribution is 0.122. The number of rotatable bonds is 13. The van der Waals surface area contributed by atoms with Crippen molar-refractivity contribution in [2.24, 2.45) is 0 Å². The number of ether oxygens (including phenoxy) is 1. The summed E-state index contributed by atoms with van der Waals surface area (Å²) in [5.41, 5.74) is 0. The number of aliphatic hydroxyl groups excluding tert-OH is 1. The Labute approximate surface area is 120 Å². The van der Waals surface area contributed by atoms with Gasteiger partial charge in [0.05, 0.1) is 6.61 Å². The fourth-order valence-corrected chi connectivity index (χ4v) is 2.15. The zero-order valence-electron chi connectivity index (χ0n) is 13.0. The van der Waals surface area contributed by atoms with Gasteiger partial charge in [0.2, 0.25) is 0 Å². The lowest BCUT2D eigenvalue weighted by Gasteiger charge is -2.12. The molecule has 0 fully saturated rings. The van der Waals surface area contributed by atoms with E-state index in [1.54, 1.807) is 6.08 Å². The SMILES string of the molecule is [CH2]C(O)C(=CC)OCCCCCCCCCCCC. The van der Waals surface area contributed by atoms with Crippen molar-refractivity contribution in [2.45, 2.75) is 84.2 Å². The Hall–Kier alpha value is -0.500. The lowest BCUT2D eigenvalue weighted by Crippen LogP contribution is -2.09. The summed E-state index contributed by atoms with van der Waals surface area (Å²) in [5.74, 6) is 0.593. The molecule has 0 aliphatic carbocycles. The molecule has 113 valence electrons. The molecule has 0 spiro atoms. The summed E-state index contributed by atoms with van der Waals surface area (Å²) in [6.45, 7) is 8.36. The maximum atomic E-state index is 9.27. The molecule has 0 aliphatic rings. The van der Waals surface area contributed by atoms with Crippen molar-refractivity contribution in [3.8, 4) is 0 Å². The van der Waals surface area contributed by atoms with Crippen LogP contribution >= 0.6 is 0 Å². The van der Waals surface area contributed by atoms with Crippen LogP contribution in [0.15, 0.2) is 11.8 Å². The molecule has 0 aromatic heterocycles. The van der Waals surface area contributed by atoms with Crippen molar-refractivity contribution in [3.05, 3.63) is 18.8 Å². The molecular weight excluding hydrogens is 236 g/mol. The smallest absolute Gasteiger partial charge is 0.120 e. The molecule has 0 saturated carbocycles. The zero-order chi connectivity index (χ0) is 14.3. The first kappa shape index (κ1) is 18.5. The number of allylic oxidation sites excluding steroid dienone is 1. The molecule has 1 atom stereocenters. The second-order valence-corrected chi connectivity index (χ2v) is 5.24. The Morgan fingerprint density at radius 3 is 1.89 bits per heavy atom. The summed E-state index contributed by atoms with van der Waals surface area (Å²) in [5, 5.41) is 9.27. The van der Waals surface area contributed by atoms with Gasteiger partial charge in [0.1, 0.15) is 11.9 Å². The molecule has 0 bridgehead atoms. The predicted molar refractivity (Wildman–Crippen MR) is 82.9 cm³/mol. The van der Waals surface area contributed by atoms with Gasteiger partial charge in [-0.3, -0.25) is 0 Å². The Kier molecular flexibility index (Phi) is 13.6. The quantitative estimate of drug-likeness (QED) is 0.375. The summed E-state index contributed by atoms with van der Waals surface area (Å²) in [4.78, 5) is 0. The largest absolute Gasteiger partial charge is 0.496 e. The van der Waals surface area contributed by atoms with Gasteiger partial charge in [-0.15, -0.1) is 0 Å². The molecule has 0 heterocycles. The summed E-state index contributed by atoms with van der Waals surface area (Å²) in [6.07, 6.45) is 14.3. The summed E-state index contributed by atoms with van der Waals surface area (Å²) < 4.78 is 5.47. The van der Waals surface area contributed by atoms with Crippen LogP contribution in [0.5, 0.6) is 0 Å². The van der Waals surface area contributed by atoms with Gasteiger partial charge in [0.15, 0.2) is 0 Å². The molecule has 0 aromatic carbocycles. The summed E-state index contributed by atoms with van der Waals surface area (Å²) in [7, 11) is 0. The number of hydrogen-bond donors (Lipinski definition) is 1. The van der Waals surface area contributed by atoms with E-state index in [-0.39, 0.29) is 0 Å². The van der Waals surface area contributed by atoms with Crippen LogP contribution in [0.2, 0.25) is 0 Å². The fraction of sp³-hybridized carbons (Fsp3) is 0.824. The van der Waals surface area contributed by atoms with E-state index in [1.165, 1.54) is 57.8 Å². The minimum absolute atomic E-state index is 0.593. The Morgan fingerprint density at radius 2 is 1.47 bits per heavy atom. The van der Waals surface area contributed by atoms with Crippen LogP contribution in [0.4, 0.5) is 0 Å². The van der Waals surface area contributed by atoms with Crippen molar-refractivity contribution in [3.63, 3.8) is 0 Å². The zero-order valence-corrected chi connectivity index (χ0v) is 13.0. The normalized spacial score (nSPS) is 13.6. The molecule has 19 heavy (non-hydrogen) atoms. The van der Waals surface area contributed by atoms with Crippen LogP contribution in [0.25, 0.3) is 0 Å². The molecule has 0 amide bonds. The van der Waals surface area contributed by atoms with Crippen LogP contribution in [0.1, 0.15) is 78.1 Å². The molecule has 0 saturated heterocycles. The lowest BCUT2D eigenvalue weighted by atomic mass is 10.1. The van der Waals surface area contributed by atoms with E-state index < -0.39 is 6.10 Å². The van der Waals surface area contributed by atoms with Gasteiger partial charge < -0.3 is 9.84 Å². The van der Waals surface area contributed by atoms with Crippen molar-refractivity contribution in [1.29, 1.82) is 0 Å². The van der Waals surface area contributed by atoms with Crippen molar-refractivity contribution in [2.75, 3.05) is 6.61 Å². The van der Waals surface area contributed by atoms with Crippen LogP contribution in [-0.2, 0) is 4.74 Å². The predicted octanol–water partition coefficient (Wildman–Crippen LogP) is 5.02. The topological polar surface area (TPSA) is 29.5 Å². The molecule has 0 aliphatic heterocycles. The van der Waals surface area contributed by atoms with E-state index in [0.717, 1.165) is 6.42 Å². The van der Waals surface area contributed by atoms with Crippen molar-refractivity contribution >= 4 is 0 Å². The van der Waals surface area contributed by atoms with Gasteiger partial charge in [0, 0.05) is 0 Å². The highest BCUT2D eigenvalue weighted by Gasteiger charge is 2.03. The van der Waals surface area contributed by atoms with Gasteiger partial charge in [0.25, 0.3) is 0 Å². The number of aliphatic hydroxyl groups is 1. The monoisotopic (exact) mass is 269 g/mol. The Bertz CT molecular complexity index is 209. The maximum Gasteiger partial charge on any atom is 0.120 e. The van der Waals surface area contributed by atoms with E-state index in [9.17, 15) is 5.11 Å². The highest BCUT2D eigenvalue weighted by Crippen LogP contribution is 2.11. The Balaban J connectivity index is 3.19. The molecule has 0 rings (SSSR count). The molecule has 2 heteroatoms. The van der Waals surface area contributed by atoms with Crippen LogP contribution in [0, 0.1) is 6.92 Å². The molecule has 1 N–H and O–H groups in total. The van der Waals surface area contributed by atoms with Crippen LogP contribution in [-0.4, -0.2) is 17.8 Å². The van der Waals surface area contributed by atoms with Crippen molar-refractivity contribution < 1.29 is 9.84 Å². The second-order valence-electron chi connectivity index (χ2n) is 5.24. The van der Waals surface area contributed by atoms with Gasteiger partial charge in [-0.25, -0.2) is 0 Å². The van der Waals surface area contributed by atoms with Gasteiger partial charge in [-0.2, -0.15) is 0 Å². The van der Waals surface area contributed by atoms with E-state index in [1.807, 2.05) is 6.92 Å². The minimum atomic E-state index is -0.729. The first-order valence-electron chi connectivity index (χ1n) is 8.02. The van der Waals surface area contributed by atoms with Gasteiger partial charge in [-0.1, -0.05) is 64.7 Å². The van der Waals surface area contributed by atoms with E-state index >= 15 is 0 Å². The molecular formula is C17H33O2. The summed E-state index contributed by atoms with van der Waals surface area (Å²) >= 11 is 0. The first-order valence-corrected chi connectivity index (χ1v) is 8.02. The second kappa shape index (κ2) is 13.9. The molecule has 0 aromatic rings. The van der Waals surface area contributed by atoms with Crippen molar-refractivity contribution in [1.82, 2.24) is 0 Å². The maximum absolute atomic E-state index is 9.27. The highest BCUT2D eigenvalue weighted by molar-refractivity contribution is 4.98. The third kappa shape index (κ3) is 12.3. The molecule has 1 unspecified atom stereocenters. The third-order valence-corrected chi connectivity index (χ3v) is 3.38. The van der Waals surface area contributed by atoms with E-state index in [2.05, 4.69) is 13.8 Å². The summed E-state index contributed by atoms with van der Waals surface area (Å²) in [6, 6.07) is 0. The van der Waals surface area contributed by atoms with Gasteiger partial charge >= 0.3 is 0 Å². The standard InChI is InChI=1S/C17H33O2/c1-4-6-7-8-9-10-11-12-13-14-15-19-17(5-2)16(3)18/h5,16,18H,3-4,6-15H2,1-2H3. The Morgan fingerprint density at radius 1 is 1.00 bits per heavy atom. The third-order valence-electron chi connectivity index (χ3n) is 3.38. The fourth-order valence-electron chi connectivity index (χ4n) is 2.15. The number of unbranched alkanes of at least 4 members (excludes halogenated alkanes) is 9. The average Bonchev–Trinajstić information content (AvgIpc) is 2.40.